The number of piperidine rings is 1. The van der Waals surface area contributed by atoms with E-state index in [0.717, 1.165) is 32.7 Å². The van der Waals surface area contributed by atoms with Crippen LogP contribution in [0.5, 0.6) is 0 Å². The van der Waals surface area contributed by atoms with Gasteiger partial charge in [-0.3, -0.25) is 9.58 Å². The van der Waals surface area contributed by atoms with Crippen LogP contribution in [0.4, 0.5) is 0 Å². The number of likely N-dealkylation sites (tertiary alicyclic amines) is 1. The summed E-state index contributed by atoms with van der Waals surface area (Å²) >= 11 is 0. The molecule has 3 heterocycles. The molecule has 0 aliphatic carbocycles. The van der Waals surface area contributed by atoms with Crippen molar-refractivity contribution in [3.8, 4) is 0 Å². The van der Waals surface area contributed by atoms with Crippen molar-refractivity contribution in [3.05, 3.63) is 18.0 Å². The second kappa shape index (κ2) is 7.38. The first kappa shape index (κ1) is 15.0. The molecule has 2 saturated heterocycles. The third kappa shape index (κ3) is 4.05. The quantitative estimate of drug-likeness (QED) is 0.836. The van der Waals surface area contributed by atoms with E-state index in [9.17, 15) is 0 Å². The first-order valence-corrected chi connectivity index (χ1v) is 8.29. The maximum atomic E-state index is 5.89. The van der Waals surface area contributed by atoms with E-state index in [-0.39, 0.29) is 6.29 Å². The summed E-state index contributed by atoms with van der Waals surface area (Å²) in [6.07, 6.45) is 11.5. The fourth-order valence-electron chi connectivity index (χ4n) is 3.39. The Balaban J connectivity index is 1.49. The van der Waals surface area contributed by atoms with Gasteiger partial charge in [-0.1, -0.05) is 6.42 Å². The van der Waals surface area contributed by atoms with E-state index < -0.39 is 0 Å². The summed E-state index contributed by atoms with van der Waals surface area (Å²) in [6, 6.07) is 0.503. The normalized spacial score (nSPS) is 27.9. The van der Waals surface area contributed by atoms with Gasteiger partial charge in [0.1, 0.15) is 0 Å². The SMILES string of the molecule is Cn1cc([C@H]2CCCCN2CCO[C@H]2CCCCO2)cn1. The Bertz CT molecular complexity index is 429. The maximum absolute atomic E-state index is 5.89. The number of ether oxygens (including phenoxy) is 2. The summed E-state index contributed by atoms with van der Waals surface area (Å²) in [5, 5.41) is 4.32. The van der Waals surface area contributed by atoms with Crippen LogP contribution < -0.4 is 0 Å². The van der Waals surface area contributed by atoms with Crippen molar-refractivity contribution in [2.75, 3.05) is 26.3 Å². The maximum Gasteiger partial charge on any atom is 0.157 e. The molecule has 2 aliphatic heterocycles. The molecule has 118 valence electrons. The fraction of sp³-hybridized carbons (Fsp3) is 0.812. The Labute approximate surface area is 127 Å². The smallest absolute Gasteiger partial charge is 0.157 e. The lowest BCUT2D eigenvalue weighted by Crippen LogP contribution is -2.37. The van der Waals surface area contributed by atoms with Crippen molar-refractivity contribution in [1.82, 2.24) is 14.7 Å². The van der Waals surface area contributed by atoms with Crippen molar-refractivity contribution in [1.29, 1.82) is 0 Å². The van der Waals surface area contributed by atoms with Crippen molar-refractivity contribution in [3.63, 3.8) is 0 Å². The molecule has 21 heavy (non-hydrogen) atoms. The zero-order valence-electron chi connectivity index (χ0n) is 13.0. The van der Waals surface area contributed by atoms with Gasteiger partial charge in [-0.25, -0.2) is 0 Å². The summed E-state index contributed by atoms with van der Waals surface area (Å²) < 4.78 is 13.4. The van der Waals surface area contributed by atoms with Crippen LogP contribution in [0.2, 0.25) is 0 Å². The third-order valence-corrected chi connectivity index (χ3v) is 4.54. The Morgan fingerprint density at radius 1 is 1.29 bits per heavy atom. The van der Waals surface area contributed by atoms with Gasteiger partial charge in [0.2, 0.25) is 0 Å². The Morgan fingerprint density at radius 2 is 2.19 bits per heavy atom. The van der Waals surface area contributed by atoms with Gasteiger partial charge in [-0.2, -0.15) is 5.10 Å². The Morgan fingerprint density at radius 3 is 2.95 bits per heavy atom. The number of hydrogen-bond acceptors (Lipinski definition) is 4. The van der Waals surface area contributed by atoms with E-state index in [2.05, 4.69) is 16.2 Å². The molecule has 0 bridgehead atoms. The number of aromatic nitrogens is 2. The molecule has 1 aromatic rings. The zero-order valence-corrected chi connectivity index (χ0v) is 13.0. The minimum Gasteiger partial charge on any atom is -0.353 e. The van der Waals surface area contributed by atoms with Crippen molar-refractivity contribution >= 4 is 0 Å². The molecule has 0 radical (unpaired) electrons. The molecule has 0 spiro atoms. The van der Waals surface area contributed by atoms with E-state index in [0.29, 0.717) is 6.04 Å². The molecule has 5 nitrogen and oxygen atoms in total. The zero-order chi connectivity index (χ0) is 14.5. The van der Waals surface area contributed by atoms with E-state index in [1.54, 1.807) is 0 Å². The van der Waals surface area contributed by atoms with Gasteiger partial charge in [-0.05, 0) is 38.6 Å². The molecule has 0 unspecified atom stereocenters. The second-order valence-corrected chi connectivity index (χ2v) is 6.16. The third-order valence-electron chi connectivity index (χ3n) is 4.54. The molecule has 5 heteroatoms. The van der Waals surface area contributed by atoms with Crippen LogP contribution in [-0.4, -0.2) is 47.3 Å². The van der Waals surface area contributed by atoms with Crippen LogP contribution in [0, 0.1) is 0 Å². The van der Waals surface area contributed by atoms with Crippen molar-refractivity contribution in [2.45, 2.75) is 50.9 Å². The molecule has 0 N–H and O–H groups in total. The van der Waals surface area contributed by atoms with Crippen LogP contribution in [0.3, 0.4) is 0 Å². The highest BCUT2D eigenvalue weighted by molar-refractivity contribution is 5.11. The van der Waals surface area contributed by atoms with Crippen LogP contribution in [-0.2, 0) is 16.5 Å². The van der Waals surface area contributed by atoms with E-state index >= 15 is 0 Å². The summed E-state index contributed by atoms with van der Waals surface area (Å²) in [5.41, 5.74) is 1.34. The fourth-order valence-corrected chi connectivity index (χ4v) is 3.39. The lowest BCUT2D eigenvalue weighted by molar-refractivity contribution is -0.165. The molecule has 0 amide bonds. The van der Waals surface area contributed by atoms with Crippen LogP contribution in [0.25, 0.3) is 0 Å². The molecule has 2 fully saturated rings. The first-order chi connectivity index (χ1) is 10.3. The molecule has 3 rings (SSSR count). The van der Waals surface area contributed by atoms with Gasteiger partial charge in [0, 0.05) is 38.0 Å². The van der Waals surface area contributed by atoms with Crippen LogP contribution in [0.15, 0.2) is 12.4 Å². The first-order valence-electron chi connectivity index (χ1n) is 8.29. The molecule has 0 aromatic carbocycles. The second-order valence-electron chi connectivity index (χ2n) is 6.16. The number of aryl methyl sites for hydroxylation is 1. The summed E-state index contributed by atoms with van der Waals surface area (Å²) in [5.74, 6) is 0. The van der Waals surface area contributed by atoms with Crippen LogP contribution >= 0.6 is 0 Å². The van der Waals surface area contributed by atoms with Gasteiger partial charge in [-0.15, -0.1) is 0 Å². The molecular formula is C16H27N3O2. The summed E-state index contributed by atoms with van der Waals surface area (Å²) in [7, 11) is 1.99. The number of hydrogen-bond donors (Lipinski definition) is 0. The average molecular weight is 293 g/mol. The van der Waals surface area contributed by atoms with E-state index in [4.69, 9.17) is 9.47 Å². The Hall–Kier alpha value is -0.910. The van der Waals surface area contributed by atoms with Gasteiger partial charge in [0.05, 0.1) is 12.8 Å². The van der Waals surface area contributed by atoms with Gasteiger partial charge in [0.25, 0.3) is 0 Å². The minimum absolute atomic E-state index is 0.0281. The summed E-state index contributed by atoms with van der Waals surface area (Å²) in [6.45, 7) is 3.77. The van der Waals surface area contributed by atoms with Crippen LogP contribution in [0.1, 0.15) is 50.1 Å². The monoisotopic (exact) mass is 293 g/mol. The lowest BCUT2D eigenvalue weighted by Gasteiger charge is -2.35. The molecule has 1 aromatic heterocycles. The van der Waals surface area contributed by atoms with Crippen molar-refractivity contribution < 1.29 is 9.47 Å². The highest BCUT2D eigenvalue weighted by atomic mass is 16.7. The molecule has 0 saturated carbocycles. The number of rotatable bonds is 5. The average Bonchev–Trinajstić information content (AvgIpc) is 2.95. The highest BCUT2D eigenvalue weighted by Crippen LogP contribution is 2.30. The standard InChI is InChI=1S/C16H27N3O2/c1-18-13-14(12-17-18)15-6-2-4-8-19(15)9-11-21-16-7-3-5-10-20-16/h12-13,15-16H,2-11H2,1H3/t15-,16+/m1/s1. The van der Waals surface area contributed by atoms with Gasteiger partial charge < -0.3 is 9.47 Å². The molecular weight excluding hydrogens is 266 g/mol. The van der Waals surface area contributed by atoms with E-state index in [1.807, 2.05) is 17.9 Å². The topological polar surface area (TPSA) is 39.5 Å². The Kier molecular flexibility index (Phi) is 5.27. The largest absolute Gasteiger partial charge is 0.353 e. The highest BCUT2D eigenvalue weighted by Gasteiger charge is 2.25. The van der Waals surface area contributed by atoms with E-state index in [1.165, 1.54) is 37.7 Å². The predicted octanol–water partition coefficient (Wildman–Crippen LogP) is 2.49. The summed E-state index contributed by atoms with van der Waals surface area (Å²) in [4.78, 5) is 2.54. The number of nitrogens with zero attached hydrogens (tertiary/aromatic N) is 3. The molecule has 2 atom stereocenters. The minimum atomic E-state index is 0.0281. The molecule has 2 aliphatic rings. The predicted molar refractivity (Wildman–Crippen MR) is 80.9 cm³/mol. The van der Waals surface area contributed by atoms with Gasteiger partial charge >= 0.3 is 0 Å². The van der Waals surface area contributed by atoms with Gasteiger partial charge in [0.15, 0.2) is 6.29 Å². The van der Waals surface area contributed by atoms with Crippen molar-refractivity contribution in [2.24, 2.45) is 7.05 Å². The lowest BCUT2D eigenvalue weighted by atomic mass is 9.97.